The van der Waals surface area contributed by atoms with Crippen LogP contribution in [-0.4, -0.2) is 0 Å². The minimum absolute atomic E-state index is 0. The average Bonchev–Trinajstić information content (AvgIpc) is 1.72. The molecule has 0 saturated heterocycles. The quantitative estimate of drug-likeness (QED) is 0.133. The van der Waals surface area contributed by atoms with Crippen LogP contribution in [0.25, 0.3) is 44.5 Å². The molecule has 0 nitrogen and oxygen atoms in total. The van der Waals surface area contributed by atoms with Gasteiger partial charge in [0.15, 0.2) is 0 Å². The predicted molar refractivity (Wildman–Crippen MR) is 366 cm³/mol. The molecule has 8 aromatic rings. The Labute approximate surface area is 703 Å². The fourth-order valence-corrected chi connectivity index (χ4v) is 14.1. The largest absolute Gasteiger partial charge is 0.226 e. The summed E-state index contributed by atoms with van der Waals surface area (Å²) in [5.41, 5.74) is 26.7. The van der Waals surface area contributed by atoms with E-state index in [4.69, 9.17) is 0 Å². The second-order valence-electron chi connectivity index (χ2n) is 24.7. The predicted octanol–water partition coefficient (Wildman–Crippen LogP) is 24.4. The fraction of sp³-hybridized carbons (Fsp3) is 0.429. The molecule has 4 aliphatic rings. The summed E-state index contributed by atoms with van der Waals surface area (Å²) in [7, 11) is 0. The van der Waals surface area contributed by atoms with E-state index in [2.05, 4.69) is 204 Å². The first-order valence-corrected chi connectivity index (χ1v) is 30.7. The molecule has 0 unspecified atom stereocenters. The second-order valence-corrected chi connectivity index (χ2v) is 24.7. The molecule has 6 radical (unpaired) electrons. The molecule has 8 atom stereocenters. The minimum Gasteiger partial charge on any atom is -0.226 e. The fourth-order valence-electron chi connectivity index (χ4n) is 14.1. The van der Waals surface area contributed by atoms with Crippen molar-refractivity contribution >= 4 is 0 Å². The van der Waals surface area contributed by atoms with Gasteiger partial charge in [-0.05, 0) is 54.3 Å². The Morgan fingerprint density at radius 3 is 1.16 bits per heavy atom. The Bertz CT molecular complexity index is 3190. The summed E-state index contributed by atoms with van der Waals surface area (Å²) >= 11 is 0. The molecule has 0 N–H and O–H groups in total. The maximum Gasteiger partial charge on any atom is 0 e. The van der Waals surface area contributed by atoms with Crippen molar-refractivity contribution in [2.45, 2.75) is 214 Å². The van der Waals surface area contributed by atoms with Crippen molar-refractivity contribution in [2.24, 2.45) is 23.7 Å². The van der Waals surface area contributed by atoms with Crippen LogP contribution in [0.4, 0.5) is 0 Å². The molecule has 90 heavy (non-hydrogen) atoms. The van der Waals surface area contributed by atoms with E-state index in [9.17, 15) is 0 Å². The summed E-state index contributed by atoms with van der Waals surface area (Å²) in [5.74, 6) is 6.04. The van der Waals surface area contributed by atoms with Crippen molar-refractivity contribution in [1.82, 2.24) is 0 Å². The van der Waals surface area contributed by atoms with Crippen LogP contribution in [0, 0.1) is 128 Å². The van der Waals surface area contributed by atoms with Crippen LogP contribution in [-0.2, 0) is 196 Å². The van der Waals surface area contributed by atoms with Crippen molar-refractivity contribution in [3.8, 4) is 44.5 Å². The summed E-state index contributed by atoms with van der Waals surface area (Å²) in [6.07, 6.45) is 16.2. The molecular formula is C84H104Y6-8. The molecule has 12 rings (SSSR count). The van der Waals surface area contributed by atoms with E-state index in [0.29, 0.717) is 11.8 Å². The van der Waals surface area contributed by atoms with Gasteiger partial charge in [0.05, 0.1) is 0 Å². The van der Waals surface area contributed by atoms with E-state index in [1.54, 1.807) is 5.56 Å². The van der Waals surface area contributed by atoms with Crippen LogP contribution >= 0.6 is 0 Å². The number of benzene rings is 8. The number of hydrogen-bond acceptors (Lipinski definition) is 0. The van der Waals surface area contributed by atoms with E-state index in [-0.39, 0.29) is 226 Å². The van der Waals surface area contributed by atoms with Crippen LogP contribution in [0.5, 0.6) is 0 Å². The zero-order chi connectivity index (χ0) is 56.5. The molecule has 0 amide bonds. The molecule has 6 heteroatoms. The van der Waals surface area contributed by atoms with Gasteiger partial charge in [-0.25, -0.2) is 44.5 Å². The first kappa shape index (κ1) is 92.4. The van der Waals surface area contributed by atoms with Gasteiger partial charge < -0.3 is 0 Å². The maximum absolute atomic E-state index is 3.71. The third-order valence-corrected chi connectivity index (χ3v) is 19.6. The smallest absolute Gasteiger partial charge is 0 e. The normalized spacial score (nSPS) is 19.7. The number of aryl methyl sites for hydroxylation is 3. The molecule has 0 bridgehead atoms. The molecule has 8 aromatic carbocycles. The van der Waals surface area contributed by atoms with Gasteiger partial charge in [-0.1, -0.05) is 183 Å². The summed E-state index contributed by atoms with van der Waals surface area (Å²) in [6, 6.07) is 69.5. The molecule has 4 aliphatic carbocycles. The second kappa shape index (κ2) is 45.1. The molecule has 4 fully saturated rings. The van der Waals surface area contributed by atoms with E-state index < -0.39 is 0 Å². The van der Waals surface area contributed by atoms with Crippen molar-refractivity contribution in [2.75, 3.05) is 0 Å². The van der Waals surface area contributed by atoms with Gasteiger partial charge in [-0.15, -0.1) is 79.9 Å². The zero-order valence-electron chi connectivity index (χ0n) is 54.1. The monoisotopic (exact) mass is 1650 g/mol. The molecule has 0 aliphatic heterocycles. The summed E-state index contributed by atoms with van der Waals surface area (Å²) < 4.78 is 0. The summed E-state index contributed by atoms with van der Waals surface area (Å²) in [4.78, 5) is 0. The van der Waals surface area contributed by atoms with E-state index in [1.807, 2.05) is 48.5 Å². The molecular weight excluding hydrogens is 1540 g/mol. The van der Waals surface area contributed by atoms with Gasteiger partial charge >= 0.3 is 0 Å². The summed E-state index contributed by atoms with van der Waals surface area (Å²) in [5, 5.41) is 0. The zero-order valence-corrected chi connectivity index (χ0v) is 71.1. The Morgan fingerprint density at radius 1 is 0.322 bits per heavy atom. The van der Waals surface area contributed by atoms with Gasteiger partial charge in [-0.2, -0.15) is 157 Å². The number of rotatable bonds is 8. The van der Waals surface area contributed by atoms with Crippen molar-refractivity contribution in [3.05, 3.63) is 237 Å². The van der Waals surface area contributed by atoms with Crippen LogP contribution in [0.1, 0.15) is 225 Å². The van der Waals surface area contributed by atoms with Crippen molar-refractivity contribution in [3.63, 3.8) is 0 Å². The van der Waals surface area contributed by atoms with Crippen molar-refractivity contribution < 1.29 is 196 Å². The third kappa shape index (κ3) is 23.2. The van der Waals surface area contributed by atoms with Gasteiger partial charge in [0.2, 0.25) is 0 Å². The van der Waals surface area contributed by atoms with Gasteiger partial charge in [-0.3, -0.25) is 0 Å². The van der Waals surface area contributed by atoms with Crippen LogP contribution in [0.15, 0.2) is 121 Å². The first-order chi connectivity index (χ1) is 38.7. The molecule has 0 aromatic heterocycles. The summed E-state index contributed by atoms with van der Waals surface area (Å²) in [6.45, 7) is 27.5. The van der Waals surface area contributed by atoms with Gasteiger partial charge in [0, 0.05) is 196 Å². The van der Waals surface area contributed by atoms with Crippen LogP contribution in [0.2, 0.25) is 0 Å². The van der Waals surface area contributed by atoms with E-state index >= 15 is 0 Å². The SMILES string of the molecule is C.C.C.C.Cc1[c-]c(-c2[c-]cccc2)cc([C@@H]2CCC[C@@H]2C)c1C.Cc1c(-c2[c-]cccc2)[c-]cc([C@@H]2CCC[C@@H]2C)c1C.Cc1c[c-]c(-c2[c-]cccc2)c([C@@H]2CCC[C@@H]2C)c1C.Cc1cc(-c2[c-]cccc2)[c-]c([C@@H]2CCC[C@@H]2C)c1C.[Y].[Y].[Y].[Y].[Y].[Y]. The van der Waals surface area contributed by atoms with Crippen molar-refractivity contribution in [1.29, 1.82) is 0 Å². The van der Waals surface area contributed by atoms with E-state index in [0.717, 1.165) is 52.2 Å². The maximum atomic E-state index is 3.71. The van der Waals surface area contributed by atoms with Crippen LogP contribution in [0.3, 0.4) is 0 Å². The minimum atomic E-state index is 0. The average molecular weight is 1650 g/mol. The Morgan fingerprint density at radius 2 is 0.722 bits per heavy atom. The van der Waals surface area contributed by atoms with Gasteiger partial charge in [0.1, 0.15) is 0 Å². The Kier molecular flexibility index (Phi) is 46.4. The molecule has 466 valence electrons. The van der Waals surface area contributed by atoms with E-state index in [1.165, 1.54) is 166 Å². The third-order valence-electron chi connectivity index (χ3n) is 19.6. The standard InChI is InChI=1S/4C20H22.4CH4.6Y/c2*1-14-8-7-11-19(14)20-13-18(12-15(2)16(20)3)17-9-5-4-6-10-17;1-14-12-13-19(17-9-5-4-6-10-17)20(16(14)3)18-11-7-8-15(18)2;1-14-8-7-11-18(14)20-13-12-19(15(2)16(20)3)17-9-5-4-6-10-17;;;;;;;;;;/h4-6,9,13-14,19H,7-8,11H2,1-3H3;4-6,9,12,14,19H,7-8,11H2,1-3H3;4-6,9,12,15,18H,7-8,11H2,1-3H3;4-6,9,13-14,18H,7-8,11H2,1-3H3;4*1H4;;;;;;/q4*-2;;;;;;;;;;/t2*14-,19+;15-,18+;14-,18+;;;;;;;;;;/m0000........../s1. The van der Waals surface area contributed by atoms with Crippen LogP contribution < -0.4 is 0 Å². The Hall–Kier alpha value is 0.383. The van der Waals surface area contributed by atoms with Gasteiger partial charge in [0.25, 0.3) is 0 Å². The molecule has 4 saturated carbocycles. The Balaban J connectivity index is 0. The first-order valence-electron chi connectivity index (χ1n) is 30.7. The topological polar surface area (TPSA) is 0 Å². The number of hydrogen-bond donors (Lipinski definition) is 0. The molecule has 0 heterocycles. The molecule has 0 spiro atoms.